The van der Waals surface area contributed by atoms with Gasteiger partial charge >= 0.3 is 0 Å². The van der Waals surface area contributed by atoms with Crippen molar-refractivity contribution in [3.05, 3.63) is 33.8 Å². The van der Waals surface area contributed by atoms with Crippen molar-refractivity contribution >= 4 is 35.0 Å². The minimum absolute atomic E-state index is 0.394. The van der Waals surface area contributed by atoms with E-state index in [4.69, 9.17) is 23.2 Å². The summed E-state index contributed by atoms with van der Waals surface area (Å²) in [6, 6.07) is 5.78. The molecule has 17 heavy (non-hydrogen) atoms. The second kappa shape index (κ2) is 5.83. The molecule has 0 aromatic heterocycles. The standard InChI is InChI=1S/C13H17Cl2NS/c1-13(6-3-7-17-13)9-16-8-10-4-2-5-11(14)12(10)15/h2,4-5,16H,3,6-9H2,1H3. The van der Waals surface area contributed by atoms with E-state index in [1.807, 2.05) is 18.2 Å². The maximum Gasteiger partial charge on any atom is 0.0637 e. The molecule has 0 aliphatic carbocycles. The lowest BCUT2D eigenvalue weighted by Crippen LogP contribution is -2.32. The van der Waals surface area contributed by atoms with Crippen LogP contribution in [0, 0.1) is 0 Å². The van der Waals surface area contributed by atoms with Crippen molar-refractivity contribution in [3.63, 3.8) is 0 Å². The summed E-state index contributed by atoms with van der Waals surface area (Å²) in [4.78, 5) is 0. The van der Waals surface area contributed by atoms with Gasteiger partial charge in [-0.1, -0.05) is 35.3 Å². The lowest BCUT2D eigenvalue weighted by atomic mass is 10.1. The van der Waals surface area contributed by atoms with Crippen molar-refractivity contribution in [2.24, 2.45) is 0 Å². The molecule has 0 radical (unpaired) electrons. The molecule has 0 saturated carbocycles. The third-order valence-electron chi connectivity index (χ3n) is 3.15. The second-order valence-corrected chi connectivity index (χ2v) is 7.19. The zero-order valence-corrected chi connectivity index (χ0v) is 12.3. The van der Waals surface area contributed by atoms with Crippen LogP contribution in [0.2, 0.25) is 10.0 Å². The average Bonchev–Trinajstić information content (AvgIpc) is 2.72. The highest BCUT2D eigenvalue weighted by Gasteiger charge is 2.28. The molecule has 1 aliphatic heterocycles. The quantitative estimate of drug-likeness (QED) is 0.883. The predicted octanol–water partition coefficient (Wildman–Crippen LogP) is 4.37. The molecule has 94 valence electrons. The number of hydrogen-bond acceptors (Lipinski definition) is 2. The molecule has 1 saturated heterocycles. The summed E-state index contributed by atoms with van der Waals surface area (Å²) in [5.74, 6) is 1.29. The van der Waals surface area contributed by atoms with Gasteiger partial charge < -0.3 is 5.32 Å². The molecule has 2 rings (SSSR count). The first-order valence-electron chi connectivity index (χ1n) is 5.88. The molecule has 1 aliphatic rings. The van der Waals surface area contributed by atoms with Gasteiger partial charge in [0.15, 0.2) is 0 Å². The van der Waals surface area contributed by atoms with Gasteiger partial charge in [-0.2, -0.15) is 11.8 Å². The Labute approximate surface area is 117 Å². The molecular weight excluding hydrogens is 273 g/mol. The fraction of sp³-hybridized carbons (Fsp3) is 0.538. The third-order valence-corrected chi connectivity index (χ3v) is 5.54. The van der Waals surface area contributed by atoms with Crippen LogP contribution < -0.4 is 5.32 Å². The molecule has 4 heteroatoms. The largest absolute Gasteiger partial charge is 0.311 e. The first kappa shape index (κ1) is 13.5. The van der Waals surface area contributed by atoms with Crippen LogP contribution in [-0.2, 0) is 6.54 Å². The molecule has 1 unspecified atom stereocenters. The Bertz CT molecular complexity index is 389. The topological polar surface area (TPSA) is 12.0 Å². The van der Waals surface area contributed by atoms with E-state index in [0.717, 1.165) is 18.7 Å². The van der Waals surface area contributed by atoms with Crippen LogP contribution in [0.15, 0.2) is 18.2 Å². The fourth-order valence-corrected chi connectivity index (χ4v) is 3.78. The fourth-order valence-electron chi connectivity index (χ4n) is 2.12. The molecule has 1 aromatic rings. The van der Waals surface area contributed by atoms with E-state index in [-0.39, 0.29) is 0 Å². The van der Waals surface area contributed by atoms with Crippen LogP contribution in [0.1, 0.15) is 25.3 Å². The summed E-state index contributed by atoms with van der Waals surface area (Å²) in [7, 11) is 0. The van der Waals surface area contributed by atoms with Crippen molar-refractivity contribution < 1.29 is 0 Å². The first-order valence-corrected chi connectivity index (χ1v) is 7.62. The van der Waals surface area contributed by atoms with E-state index >= 15 is 0 Å². The summed E-state index contributed by atoms with van der Waals surface area (Å²) >= 11 is 14.2. The van der Waals surface area contributed by atoms with E-state index in [1.54, 1.807) is 0 Å². The van der Waals surface area contributed by atoms with Gasteiger partial charge in [-0.3, -0.25) is 0 Å². The van der Waals surface area contributed by atoms with Gasteiger partial charge in [-0.15, -0.1) is 0 Å². The van der Waals surface area contributed by atoms with Crippen LogP contribution in [0.25, 0.3) is 0 Å². The molecule has 0 spiro atoms. The predicted molar refractivity (Wildman–Crippen MR) is 78.3 cm³/mol. The first-order chi connectivity index (χ1) is 8.11. The molecule has 0 bridgehead atoms. The van der Waals surface area contributed by atoms with Crippen LogP contribution in [0.4, 0.5) is 0 Å². The van der Waals surface area contributed by atoms with Gasteiger partial charge in [0.05, 0.1) is 10.0 Å². The zero-order valence-electron chi connectivity index (χ0n) is 9.93. The number of halogens is 2. The second-order valence-electron chi connectivity index (χ2n) is 4.72. The van der Waals surface area contributed by atoms with Gasteiger partial charge in [0.25, 0.3) is 0 Å². The van der Waals surface area contributed by atoms with E-state index in [2.05, 4.69) is 24.0 Å². The maximum absolute atomic E-state index is 6.15. The van der Waals surface area contributed by atoms with Gasteiger partial charge in [-0.05, 0) is 37.1 Å². The van der Waals surface area contributed by atoms with Crippen LogP contribution in [0.3, 0.4) is 0 Å². The Hall–Kier alpha value is 0.110. The average molecular weight is 290 g/mol. The van der Waals surface area contributed by atoms with Crippen molar-refractivity contribution in [1.82, 2.24) is 5.32 Å². The highest BCUT2D eigenvalue weighted by molar-refractivity contribution is 8.00. The van der Waals surface area contributed by atoms with Gasteiger partial charge in [0.2, 0.25) is 0 Å². The van der Waals surface area contributed by atoms with Crippen LogP contribution in [-0.4, -0.2) is 17.0 Å². The highest BCUT2D eigenvalue weighted by Crippen LogP contribution is 2.37. The number of nitrogens with one attached hydrogen (secondary N) is 1. The number of rotatable bonds is 4. The zero-order chi connectivity index (χ0) is 12.3. The normalized spacial score (nSPS) is 24.2. The smallest absolute Gasteiger partial charge is 0.0637 e. The lowest BCUT2D eigenvalue weighted by Gasteiger charge is -2.23. The molecular formula is C13H17Cl2NS. The lowest BCUT2D eigenvalue weighted by molar-refractivity contribution is 0.537. The van der Waals surface area contributed by atoms with Crippen LogP contribution >= 0.6 is 35.0 Å². The van der Waals surface area contributed by atoms with Crippen LogP contribution in [0.5, 0.6) is 0 Å². The summed E-state index contributed by atoms with van der Waals surface area (Å²) in [6.45, 7) is 4.15. The van der Waals surface area contributed by atoms with Crippen molar-refractivity contribution in [1.29, 1.82) is 0 Å². The maximum atomic E-state index is 6.15. The minimum atomic E-state index is 0.394. The Kier molecular flexibility index (Phi) is 4.65. The number of benzene rings is 1. The molecule has 1 fully saturated rings. The Balaban J connectivity index is 1.88. The highest BCUT2D eigenvalue weighted by atomic mass is 35.5. The summed E-state index contributed by atoms with van der Waals surface area (Å²) in [6.07, 6.45) is 2.63. The Morgan fingerprint density at radius 3 is 2.94 bits per heavy atom. The molecule has 1 atom stereocenters. The SMILES string of the molecule is CC1(CNCc2cccc(Cl)c2Cl)CCCS1. The van der Waals surface area contributed by atoms with E-state index in [1.165, 1.54) is 18.6 Å². The summed E-state index contributed by atoms with van der Waals surface area (Å²) in [5, 5.41) is 4.79. The van der Waals surface area contributed by atoms with E-state index < -0.39 is 0 Å². The molecule has 1 heterocycles. The third kappa shape index (κ3) is 3.54. The van der Waals surface area contributed by atoms with Crippen molar-refractivity contribution in [3.8, 4) is 0 Å². The summed E-state index contributed by atoms with van der Waals surface area (Å²) in [5.41, 5.74) is 1.07. The number of hydrogen-bond donors (Lipinski definition) is 1. The minimum Gasteiger partial charge on any atom is -0.311 e. The van der Waals surface area contributed by atoms with Crippen molar-refractivity contribution in [2.45, 2.75) is 31.1 Å². The monoisotopic (exact) mass is 289 g/mol. The Morgan fingerprint density at radius 2 is 2.24 bits per heavy atom. The van der Waals surface area contributed by atoms with Gasteiger partial charge in [-0.25, -0.2) is 0 Å². The van der Waals surface area contributed by atoms with Crippen molar-refractivity contribution in [2.75, 3.05) is 12.3 Å². The van der Waals surface area contributed by atoms with E-state index in [9.17, 15) is 0 Å². The number of thioether (sulfide) groups is 1. The molecule has 1 N–H and O–H groups in total. The van der Waals surface area contributed by atoms with Gasteiger partial charge in [0.1, 0.15) is 0 Å². The summed E-state index contributed by atoms with van der Waals surface area (Å²) < 4.78 is 0.394. The Morgan fingerprint density at radius 1 is 1.41 bits per heavy atom. The van der Waals surface area contributed by atoms with Gasteiger partial charge in [0, 0.05) is 17.8 Å². The molecule has 1 aromatic carbocycles. The van der Waals surface area contributed by atoms with E-state index in [0.29, 0.717) is 14.8 Å². The molecule has 1 nitrogen and oxygen atoms in total. The molecule has 0 amide bonds.